The molecule has 2 rings (SSSR count). The lowest BCUT2D eigenvalue weighted by Crippen LogP contribution is -2.48. The molecule has 0 aromatic heterocycles. The summed E-state index contributed by atoms with van der Waals surface area (Å²) in [7, 11) is 0. The van der Waals surface area contributed by atoms with Gasteiger partial charge in [-0.3, -0.25) is 14.4 Å². The first-order valence-corrected chi connectivity index (χ1v) is 7.19. The lowest BCUT2D eigenvalue weighted by molar-refractivity contribution is -0.228. The topological polar surface area (TPSA) is 46.6 Å². The van der Waals surface area contributed by atoms with Crippen molar-refractivity contribution in [1.82, 2.24) is 5.06 Å². The molecule has 4 nitrogen and oxygen atoms in total. The Labute approximate surface area is 109 Å². The highest BCUT2D eigenvalue weighted by Crippen LogP contribution is 2.29. The number of ketones is 1. The largest absolute Gasteiger partial charge is 0.300 e. The zero-order valence-electron chi connectivity index (χ0n) is 11.2. The molecule has 0 aliphatic carbocycles. The molecule has 0 bridgehead atoms. The third kappa shape index (κ3) is 3.10. The van der Waals surface area contributed by atoms with Crippen molar-refractivity contribution in [3.05, 3.63) is 0 Å². The number of amides is 1. The van der Waals surface area contributed by atoms with E-state index in [0.717, 1.165) is 32.1 Å². The molecule has 102 valence electrons. The van der Waals surface area contributed by atoms with E-state index in [1.165, 1.54) is 0 Å². The number of hydrogen-bond donors (Lipinski definition) is 0. The Morgan fingerprint density at radius 3 is 2.78 bits per heavy atom. The van der Waals surface area contributed by atoms with Crippen LogP contribution in [0.1, 0.15) is 58.3 Å². The van der Waals surface area contributed by atoms with Gasteiger partial charge in [-0.2, -0.15) is 0 Å². The van der Waals surface area contributed by atoms with Gasteiger partial charge in [0.05, 0.1) is 12.6 Å². The lowest BCUT2D eigenvalue weighted by Gasteiger charge is -2.40. The second-order valence-corrected chi connectivity index (χ2v) is 5.36. The second kappa shape index (κ2) is 6.32. The van der Waals surface area contributed by atoms with E-state index in [4.69, 9.17) is 4.84 Å². The summed E-state index contributed by atoms with van der Waals surface area (Å²) < 4.78 is 0. The van der Waals surface area contributed by atoms with Gasteiger partial charge in [0.2, 0.25) is 5.91 Å². The van der Waals surface area contributed by atoms with Gasteiger partial charge in [-0.15, -0.1) is 0 Å². The number of nitrogens with zero attached hydrogens (tertiary/aromatic N) is 1. The minimum Gasteiger partial charge on any atom is -0.300 e. The predicted molar refractivity (Wildman–Crippen MR) is 67.7 cm³/mol. The van der Waals surface area contributed by atoms with Crippen LogP contribution in [0.3, 0.4) is 0 Å². The predicted octanol–water partition coefficient (Wildman–Crippen LogP) is 2.47. The quantitative estimate of drug-likeness (QED) is 0.721. The monoisotopic (exact) mass is 253 g/mol. The van der Waals surface area contributed by atoms with Crippen LogP contribution in [0.2, 0.25) is 0 Å². The molecule has 2 aliphatic rings. The van der Waals surface area contributed by atoms with E-state index in [1.807, 2.05) is 0 Å². The molecule has 4 heteroatoms. The Balaban J connectivity index is 2.08. The van der Waals surface area contributed by atoms with Crippen LogP contribution in [-0.2, 0) is 14.4 Å². The Morgan fingerprint density at radius 1 is 1.17 bits per heavy atom. The number of rotatable bonds is 1. The van der Waals surface area contributed by atoms with Gasteiger partial charge in [-0.1, -0.05) is 19.8 Å². The van der Waals surface area contributed by atoms with Gasteiger partial charge < -0.3 is 0 Å². The Morgan fingerprint density at radius 2 is 2.00 bits per heavy atom. The Bertz CT molecular complexity index is 316. The summed E-state index contributed by atoms with van der Waals surface area (Å²) in [6.45, 7) is 2.82. The molecule has 18 heavy (non-hydrogen) atoms. The van der Waals surface area contributed by atoms with Crippen LogP contribution in [0, 0.1) is 5.92 Å². The lowest BCUT2D eigenvalue weighted by atomic mass is 9.87. The molecule has 0 N–H and O–H groups in total. The summed E-state index contributed by atoms with van der Waals surface area (Å²) in [6, 6.07) is 0.226. The molecule has 1 amide bonds. The van der Waals surface area contributed by atoms with Gasteiger partial charge in [0.1, 0.15) is 5.78 Å². The van der Waals surface area contributed by atoms with Crippen LogP contribution in [0.4, 0.5) is 0 Å². The van der Waals surface area contributed by atoms with Crippen molar-refractivity contribution in [1.29, 1.82) is 0 Å². The van der Waals surface area contributed by atoms with Crippen molar-refractivity contribution >= 4 is 11.7 Å². The summed E-state index contributed by atoms with van der Waals surface area (Å²) in [5.41, 5.74) is 0. The van der Waals surface area contributed by atoms with Crippen molar-refractivity contribution in [2.75, 3.05) is 6.61 Å². The number of hydrogen-bond acceptors (Lipinski definition) is 3. The highest BCUT2D eigenvalue weighted by Gasteiger charge is 2.34. The molecule has 0 spiro atoms. The first-order valence-electron chi connectivity index (χ1n) is 7.19. The third-order valence-electron chi connectivity index (χ3n) is 4.16. The average Bonchev–Trinajstić information content (AvgIpc) is 2.40. The molecule has 2 fully saturated rings. The Kier molecular flexibility index (Phi) is 4.75. The third-order valence-corrected chi connectivity index (χ3v) is 4.16. The van der Waals surface area contributed by atoms with Gasteiger partial charge in [-0.05, 0) is 25.2 Å². The van der Waals surface area contributed by atoms with Gasteiger partial charge in [0, 0.05) is 19.3 Å². The number of fused-ring (bicyclic) bond motifs is 1. The summed E-state index contributed by atoms with van der Waals surface area (Å²) >= 11 is 0. The fourth-order valence-corrected chi connectivity index (χ4v) is 3.03. The summed E-state index contributed by atoms with van der Waals surface area (Å²) in [5.74, 6) is 0.761. The van der Waals surface area contributed by atoms with Crippen molar-refractivity contribution in [3.8, 4) is 0 Å². The highest BCUT2D eigenvalue weighted by molar-refractivity contribution is 5.84. The zero-order valence-corrected chi connectivity index (χ0v) is 11.2. The van der Waals surface area contributed by atoms with Crippen molar-refractivity contribution < 1.29 is 14.4 Å². The van der Waals surface area contributed by atoms with Crippen LogP contribution < -0.4 is 0 Å². The molecule has 0 radical (unpaired) electrons. The minimum absolute atomic E-state index is 0.00611. The molecule has 0 aromatic rings. The van der Waals surface area contributed by atoms with E-state index in [9.17, 15) is 9.59 Å². The van der Waals surface area contributed by atoms with Gasteiger partial charge in [0.25, 0.3) is 0 Å². The van der Waals surface area contributed by atoms with Crippen LogP contribution >= 0.6 is 0 Å². The second-order valence-electron chi connectivity index (χ2n) is 5.36. The molecule has 2 saturated heterocycles. The van der Waals surface area contributed by atoms with Gasteiger partial charge in [0.15, 0.2) is 0 Å². The Hall–Kier alpha value is -0.900. The van der Waals surface area contributed by atoms with Crippen LogP contribution in [-0.4, -0.2) is 29.4 Å². The van der Waals surface area contributed by atoms with Crippen molar-refractivity contribution in [2.45, 2.75) is 64.3 Å². The van der Waals surface area contributed by atoms with E-state index in [0.29, 0.717) is 31.8 Å². The van der Waals surface area contributed by atoms with Crippen molar-refractivity contribution in [3.63, 3.8) is 0 Å². The normalized spacial score (nSPS) is 31.1. The van der Waals surface area contributed by atoms with Gasteiger partial charge in [-0.25, -0.2) is 5.06 Å². The van der Waals surface area contributed by atoms with Gasteiger partial charge >= 0.3 is 0 Å². The van der Waals surface area contributed by atoms with Crippen LogP contribution in [0.5, 0.6) is 0 Å². The zero-order chi connectivity index (χ0) is 13.0. The first kappa shape index (κ1) is 13.5. The molecule has 2 heterocycles. The number of hydroxylamine groups is 2. The van der Waals surface area contributed by atoms with Crippen molar-refractivity contribution in [2.24, 2.45) is 5.92 Å². The first-order chi connectivity index (χ1) is 8.72. The molecule has 0 saturated carbocycles. The number of Topliss-reactive ketones (excluding diaryl/α,β-unsaturated/α-hetero) is 1. The minimum atomic E-state index is -0.00611. The summed E-state index contributed by atoms with van der Waals surface area (Å²) in [5, 5.41) is 1.59. The van der Waals surface area contributed by atoms with E-state index in [2.05, 4.69) is 6.92 Å². The maximum atomic E-state index is 12.1. The fraction of sp³-hybridized carbons (Fsp3) is 0.857. The van der Waals surface area contributed by atoms with Crippen LogP contribution in [0.15, 0.2) is 0 Å². The molecular formula is C14H23NO3. The number of carbonyl (C=O) groups excluding carboxylic acids is 2. The highest BCUT2D eigenvalue weighted by atomic mass is 16.7. The van der Waals surface area contributed by atoms with E-state index < -0.39 is 0 Å². The summed E-state index contributed by atoms with van der Waals surface area (Å²) in [4.78, 5) is 29.2. The fourth-order valence-electron chi connectivity index (χ4n) is 3.03. The van der Waals surface area contributed by atoms with E-state index >= 15 is 0 Å². The standard InChI is InChI=1S/C14H23NO3/c1-2-11-9-10-18-15-13(11)6-4-3-5-12(16)7-8-14(15)17/h11,13H,2-10H2,1H3. The SMILES string of the molecule is CCC1CCON2C(=O)CCC(=O)CCCCC12. The molecule has 0 aromatic carbocycles. The molecular weight excluding hydrogens is 230 g/mol. The van der Waals surface area contributed by atoms with E-state index in [1.54, 1.807) is 5.06 Å². The molecule has 2 atom stereocenters. The number of carbonyl (C=O) groups is 2. The maximum Gasteiger partial charge on any atom is 0.246 e. The van der Waals surface area contributed by atoms with E-state index in [-0.39, 0.29) is 17.7 Å². The molecule has 2 aliphatic heterocycles. The molecule has 2 unspecified atom stereocenters. The smallest absolute Gasteiger partial charge is 0.246 e. The summed E-state index contributed by atoms with van der Waals surface area (Å²) in [6.07, 6.45) is 6.40. The maximum absolute atomic E-state index is 12.1. The van der Waals surface area contributed by atoms with Crippen LogP contribution in [0.25, 0.3) is 0 Å². The average molecular weight is 253 g/mol.